The molecule has 0 aromatic heterocycles. The van der Waals surface area contributed by atoms with Crippen LogP contribution in [0.1, 0.15) is 11.1 Å². The third kappa shape index (κ3) is 3.02. The molecule has 0 N–H and O–H groups in total. The Labute approximate surface area is 126 Å². The zero-order valence-corrected chi connectivity index (χ0v) is 12.2. The summed E-state index contributed by atoms with van der Waals surface area (Å²) in [6, 6.07) is 10.7. The van der Waals surface area contributed by atoms with Gasteiger partial charge in [-0.3, -0.25) is 0 Å². The molecule has 0 aliphatic rings. The van der Waals surface area contributed by atoms with Crippen LogP contribution >= 0.6 is 46.4 Å². The molecule has 0 atom stereocenters. The Morgan fingerprint density at radius 1 is 0.556 bits per heavy atom. The van der Waals surface area contributed by atoms with Crippen molar-refractivity contribution in [3.8, 4) is 0 Å². The van der Waals surface area contributed by atoms with Crippen LogP contribution < -0.4 is 0 Å². The van der Waals surface area contributed by atoms with Crippen LogP contribution in [0, 0.1) is 0 Å². The molecule has 92 valence electrons. The molecule has 2 aromatic carbocycles. The van der Waals surface area contributed by atoms with E-state index in [1.165, 1.54) is 0 Å². The van der Waals surface area contributed by atoms with Gasteiger partial charge in [0.2, 0.25) is 0 Å². The largest absolute Gasteiger partial charge is 0.0836 e. The highest BCUT2D eigenvalue weighted by atomic mass is 35.5. The van der Waals surface area contributed by atoms with Crippen molar-refractivity contribution >= 4 is 58.6 Å². The van der Waals surface area contributed by atoms with Gasteiger partial charge >= 0.3 is 0 Å². The first kappa shape index (κ1) is 13.8. The number of halogens is 4. The van der Waals surface area contributed by atoms with Crippen molar-refractivity contribution in [3.05, 3.63) is 67.6 Å². The summed E-state index contributed by atoms with van der Waals surface area (Å²) in [7, 11) is 0. The van der Waals surface area contributed by atoms with Crippen molar-refractivity contribution in [2.45, 2.75) is 0 Å². The van der Waals surface area contributed by atoms with Crippen LogP contribution in [-0.4, -0.2) is 0 Å². The maximum absolute atomic E-state index is 6.07. The molecular weight excluding hydrogens is 310 g/mol. The van der Waals surface area contributed by atoms with E-state index in [9.17, 15) is 0 Å². The second-order valence-electron chi connectivity index (χ2n) is 3.60. The number of benzene rings is 2. The molecule has 0 spiro atoms. The van der Waals surface area contributed by atoms with Gasteiger partial charge in [0.25, 0.3) is 0 Å². The smallest absolute Gasteiger partial charge is 0.0493 e. The molecule has 0 radical (unpaired) electrons. The van der Waals surface area contributed by atoms with Gasteiger partial charge in [-0.1, -0.05) is 70.7 Å². The average Bonchev–Trinajstić information content (AvgIpc) is 2.31. The van der Waals surface area contributed by atoms with Gasteiger partial charge in [-0.2, -0.15) is 0 Å². The van der Waals surface area contributed by atoms with Gasteiger partial charge in [0.1, 0.15) is 0 Å². The molecule has 0 aliphatic carbocycles. The zero-order chi connectivity index (χ0) is 13.1. The second-order valence-corrected chi connectivity index (χ2v) is 5.23. The first-order valence-corrected chi connectivity index (χ1v) is 6.67. The minimum Gasteiger partial charge on any atom is -0.0836 e. The third-order valence-corrected chi connectivity index (χ3v) is 3.73. The topological polar surface area (TPSA) is 0 Å². The van der Waals surface area contributed by atoms with Crippen LogP contribution in [0.15, 0.2) is 36.4 Å². The lowest BCUT2D eigenvalue weighted by Crippen LogP contribution is -1.80. The predicted molar refractivity (Wildman–Crippen MR) is 81.9 cm³/mol. The Bertz CT molecular complexity index is 509. The maximum atomic E-state index is 6.07. The van der Waals surface area contributed by atoms with Gasteiger partial charge in [-0.15, -0.1) is 0 Å². The SMILES string of the molecule is Clc1cccc(Cl)c1/C=C/c1c(Cl)cccc1Cl. The molecule has 0 amide bonds. The van der Waals surface area contributed by atoms with Gasteiger partial charge in [0.15, 0.2) is 0 Å². The normalized spacial score (nSPS) is 11.1. The summed E-state index contributed by atoms with van der Waals surface area (Å²) in [4.78, 5) is 0. The molecule has 0 fully saturated rings. The molecule has 2 rings (SSSR count). The first-order chi connectivity index (χ1) is 8.59. The summed E-state index contributed by atoms with van der Waals surface area (Å²) in [6.45, 7) is 0. The average molecular weight is 318 g/mol. The van der Waals surface area contributed by atoms with Crippen molar-refractivity contribution in [1.29, 1.82) is 0 Å². The summed E-state index contributed by atoms with van der Waals surface area (Å²) in [5.41, 5.74) is 1.49. The van der Waals surface area contributed by atoms with Crippen LogP contribution in [0.25, 0.3) is 12.2 Å². The summed E-state index contributed by atoms with van der Waals surface area (Å²) >= 11 is 24.3. The quantitative estimate of drug-likeness (QED) is 0.557. The van der Waals surface area contributed by atoms with E-state index in [1.54, 1.807) is 48.6 Å². The third-order valence-electron chi connectivity index (χ3n) is 2.42. The lowest BCUT2D eigenvalue weighted by atomic mass is 10.1. The Balaban J connectivity index is 2.43. The second kappa shape index (κ2) is 5.99. The van der Waals surface area contributed by atoms with Crippen molar-refractivity contribution in [1.82, 2.24) is 0 Å². The Hall–Kier alpha value is -0.660. The fourth-order valence-electron chi connectivity index (χ4n) is 1.51. The van der Waals surface area contributed by atoms with Crippen LogP contribution in [0.2, 0.25) is 20.1 Å². The summed E-state index contributed by atoms with van der Waals surface area (Å²) < 4.78 is 0. The fourth-order valence-corrected chi connectivity index (χ4v) is 2.55. The van der Waals surface area contributed by atoms with Crippen LogP contribution in [0.5, 0.6) is 0 Å². The summed E-state index contributed by atoms with van der Waals surface area (Å²) in [6.07, 6.45) is 3.61. The van der Waals surface area contributed by atoms with Gasteiger partial charge in [-0.05, 0) is 24.3 Å². The highest BCUT2D eigenvalue weighted by Crippen LogP contribution is 2.30. The number of rotatable bonds is 2. The lowest BCUT2D eigenvalue weighted by molar-refractivity contribution is 1.64. The van der Waals surface area contributed by atoms with E-state index in [0.717, 1.165) is 11.1 Å². The Morgan fingerprint density at radius 3 is 1.11 bits per heavy atom. The van der Waals surface area contributed by atoms with E-state index in [-0.39, 0.29) is 0 Å². The lowest BCUT2D eigenvalue weighted by Gasteiger charge is -2.03. The van der Waals surface area contributed by atoms with E-state index in [0.29, 0.717) is 20.1 Å². The maximum Gasteiger partial charge on any atom is 0.0493 e. The molecule has 4 heteroatoms. The van der Waals surface area contributed by atoms with E-state index in [2.05, 4.69) is 0 Å². The predicted octanol–water partition coefficient (Wildman–Crippen LogP) is 6.47. The molecule has 0 saturated carbocycles. The summed E-state index contributed by atoms with van der Waals surface area (Å²) in [5.74, 6) is 0. The highest BCUT2D eigenvalue weighted by Gasteiger charge is 2.04. The van der Waals surface area contributed by atoms with E-state index >= 15 is 0 Å². The number of hydrogen-bond acceptors (Lipinski definition) is 0. The fraction of sp³-hybridized carbons (Fsp3) is 0. The van der Waals surface area contributed by atoms with Crippen molar-refractivity contribution in [2.24, 2.45) is 0 Å². The van der Waals surface area contributed by atoms with Gasteiger partial charge in [-0.25, -0.2) is 0 Å². The monoisotopic (exact) mass is 316 g/mol. The first-order valence-electron chi connectivity index (χ1n) is 5.15. The van der Waals surface area contributed by atoms with Crippen LogP contribution in [-0.2, 0) is 0 Å². The van der Waals surface area contributed by atoms with Gasteiger partial charge in [0.05, 0.1) is 0 Å². The molecule has 2 aromatic rings. The Kier molecular flexibility index (Phi) is 4.58. The molecule has 0 aliphatic heterocycles. The summed E-state index contributed by atoms with van der Waals surface area (Å²) in [5, 5.41) is 2.34. The van der Waals surface area contributed by atoms with Gasteiger partial charge in [0, 0.05) is 31.2 Å². The van der Waals surface area contributed by atoms with Crippen LogP contribution in [0.3, 0.4) is 0 Å². The molecule has 0 heterocycles. The molecule has 0 bridgehead atoms. The van der Waals surface area contributed by atoms with E-state index in [4.69, 9.17) is 46.4 Å². The Morgan fingerprint density at radius 2 is 0.833 bits per heavy atom. The molecule has 18 heavy (non-hydrogen) atoms. The molecule has 0 nitrogen and oxygen atoms in total. The molecule has 0 saturated heterocycles. The van der Waals surface area contributed by atoms with Crippen molar-refractivity contribution < 1.29 is 0 Å². The van der Waals surface area contributed by atoms with Crippen molar-refractivity contribution in [2.75, 3.05) is 0 Å². The molecule has 0 unspecified atom stereocenters. The van der Waals surface area contributed by atoms with Crippen LogP contribution in [0.4, 0.5) is 0 Å². The zero-order valence-electron chi connectivity index (χ0n) is 9.13. The minimum absolute atomic E-state index is 0.585. The van der Waals surface area contributed by atoms with Gasteiger partial charge < -0.3 is 0 Å². The van der Waals surface area contributed by atoms with E-state index in [1.807, 2.05) is 0 Å². The highest BCUT2D eigenvalue weighted by molar-refractivity contribution is 6.38. The molecular formula is C14H8Cl4. The number of hydrogen-bond donors (Lipinski definition) is 0. The van der Waals surface area contributed by atoms with Crippen molar-refractivity contribution in [3.63, 3.8) is 0 Å². The van der Waals surface area contributed by atoms with E-state index < -0.39 is 0 Å². The standard InChI is InChI=1S/C14H8Cl4/c15-11-3-1-4-12(16)9(11)7-8-10-13(17)5-2-6-14(10)18/h1-8H/b8-7+. The minimum atomic E-state index is 0.585.